The molecule has 2 saturated heterocycles. The normalized spacial score (nSPS) is 28.5. The van der Waals surface area contributed by atoms with E-state index in [2.05, 4.69) is 16.8 Å². The zero-order valence-corrected chi connectivity index (χ0v) is 12.1. The number of halogens is 1. The van der Waals surface area contributed by atoms with Crippen LogP contribution in [0.4, 0.5) is 0 Å². The second-order valence-electron chi connectivity index (χ2n) is 5.86. The molecule has 19 heavy (non-hydrogen) atoms. The maximum Gasteiger partial charge on any atom is 0.134 e. The van der Waals surface area contributed by atoms with E-state index in [0.717, 1.165) is 25.7 Å². The Balaban J connectivity index is 1.68. The van der Waals surface area contributed by atoms with Crippen molar-refractivity contribution in [3.05, 3.63) is 28.8 Å². The highest BCUT2D eigenvalue weighted by molar-refractivity contribution is 6.32. The van der Waals surface area contributed by atoms with Crippen LogP contribution in [-0.4, -0.2) is 47.1 Å². The summed E-state index contributed by atoms with van der Waals surface area (Å²) in [5, 5.41) is 9.91. The molecule has 0 aromatic heterocycles. The summed E-state index contributed by atoms with van der Waals surface area (Å²) < 4.78 is 0. The van der Waals surface area contributed by atoms with Crippen molar-refractivity contribution in [2.75, 3.05) is 20.1 Å². The monoisotopic (exact) mass is 280 g/mol. The SMILES string of the molecule is CN1C2CCC1CN(Cc1ccc(O)c(Cl)c1)CC2. The van der Waals surface area contributed by atoms with Gasteiger partial charge in [-0.15, -0.1) is 0 Å². The third-order valence-electron chi connectivity index (χ3n) is 4.65. The van der Waals surface area contributed by atoms with Crippen LogP contribution in [0.1, 0.15) is 24.8 Å². The number of hydrogen-bond donors (Lipinski definition) is 1. The maximum absolute atomic E-state index is 9.46. The van der Waals surface area contributed by atoms with E-state index in [-0.39, 0.29) is 5.75 Å². The van der Waals surface area contributed by atoms with Gasteiger partial charge < -0.3 is 5.11 Å². The molecule has 1 aromatic carbocycles. The van der Waals surface area contributed by atoms with Crippen LogP contribution in [0.5, 0.6) is 5.75 Å². The topological polar surface area (TPSA) is 26.7 Å². The summed E-state index contributed by atoms with van der Waals surface area (Å²) in [5.41, 5.74) is 1.18. The highest BCUT2D eigenvalue weighted by atomic mass is 35.5. The second kappa shape index (κ2) is 5.31. The number of rotatable bonds is 2. The minimum Gasteiger partial charge on any atom is -0.506 e. The fourth-order valence-corrected chi connectivity index (χ4v) is 3.63. The number of fused-ring (bicyclic) bond motifs is 2. The van der Waals surface area contributed by atoms with Crippen molar-refractivity contribution in [1.29, 1.82) is 0 Å². The fraction of sp³-hybridized carbons (Fsp3) is 0.600. The third-order valence-corrected chi connectivity index (χ3v) is 4.95. The van der Waals surface area contributed by atoms with Gasteiger partial charge in [-0.25, -0.2) is 0 Å². The van der Waals surface area contributed by atoms with Gasteiger partial charge in [0.25, 0.3) is 0 Å². The molecule has 2 aliphatic rings. The van der Waals surface area contributed by atoms with Crippen molar-refractivity contribution >= 4 is 11.6 Å². The van der Waals surface area contributed by atoms with Crippen LogP contribution in [0.15, 0.2) is 18.2 Å². The Kier molecular flexibility index (Phi) is 3.70. The van der Waals surface area contributed by atoms with Gasteiger partial charge in [0.15, 0.2) is 0 Å². The Bertz CT molecular complexity index is 465. The number of benzene rings is 1. The number of nitrogens with zero attached hydrogens (tertiary/aromatic N) is 2. The Hall–Kier alpha value is -0.770. The molecule has 3 nitrogen and oxygen atoms in total. The average Bonchev–Trinajstić information content (AvgIpc) is 2.62. The second-order valence-corrected chi connectivity index (χ2v) is 6.27. The van der Waals surface area contributed by atoms with E-state index in [4.69, 9.17) is 11.6 Å². The molecule has 2 fully saturated rings. The van der Waals surface area contributed by atoms with Crippen LogP contribution in [0, 0.1) is 0 Å². The highest BCUT2D eigenvalue weighted by Crippen LogP contribution is 2.30. The molecule has 2 unspecified atom stereocenters. The molecular weight excluding hydrogens is 260 g/mol. The van der Waals surface area contributed by atoms with Gasteiger partial charge in [0.2, 0.25) is 0 Å². The van der Waals surface area contributed by atoms with E-state index in [1.807, 2.05) is 12.1 Å². The zero-order valence-electron chi connectivity index (χ0n) is 11.3. The Morgan fingerprint density at radius 3 is 2.84 bits per heavy atom. The Morgan fingerprint density at radius 2 is 2.05 bits per heavy atom. The number of aromatic hydroxyl groups is 1. The molecule has 0 spiro atoms. The number of likely N-dealkylation sites (tertiary alicyclic amines) is 1. The minimum absolute atomic E-state index is 0.167. The standard InChI is InChI=1S/C15H21ClN2O/c1-17-12-3-4-13(17)10-18(7-6-12)9-11-2-5-15(19)14(16)8-11/h2,5,8,12-13,19H,3-4,6-7,9-10H2,1H3. The smallest absolute Gasteiger partial charge is 0.134 e. The Labute approximate surface area is 119 Å². The van der Waals surface area contributed by atoms with Crippen molar-refractivity contribution in [2.24, 2.45) is 0 Å². The van der Waals surface area contributed by atoms with Crippen molar-refractivity contribution in [2.45, 2.75) is 37.9 Å². The molecule has 104 valence electrons. The van der Waals surface area contributed by atoms with Crippen LogP contribution in [0.3, 0.4) is 0 Å². The first-order valence-electron chi connectivity index (χ1n) is 7.05. The van der Waals surface area contributed by atoms with Crippen LogP contribution in [-0.2, 0) is 6.54 Å². The predicted octanol–water partition coefficient (Wildman–Crippen LogP) is 2.71. The van der Waals surface area contributed by atoms with Gasteiger partial charge in [0.05, 0.1) is 5.02 Å². The molecule has 1 N–H and O–H groups in total. The van der Waals surface area contributed by atoms with Crippen molar-refractivity contribution in [3.8, 4) is 5.75 Å². The summed E-state index contributed by atoms with van der Waals surface area (Å²) in [7, 11) is 2.27. The van der Waals surface area contributed by atoms with Gasteiger partial charge in [0, 0.05) is 31.7 Å². The molecule has 0 radical (unpaired) electrons. The average molecular weight is 281 g/mol. The predicted molar refractivity (Wildman–Crippen MR) is 77.6 cm³/mol. The van der Waals surface area contributed by atoms with Crippen LogP contribution < -0.4 is 0 Å². The van der Waals surface area contributed by atoms with Crippen molar-refractivity contribution in [3.63, 3.8) is 0 Å². The lowest BCUT2D eigenvalue weighted by Crippen LogP contribution is -2.36. The van der Waals surface area contributed by atoms with E-state index in [9.17, 15) is 5.11 Å². The molecule has 0 saturated carbocycles. The molecule has 2 aliphatic heterocycles. The zero-order chi connectivity index (χ0) is 13.4. The van der Waals surface area contributed by atoms with E-state index in [1.54, 1.807) is 6.07 Å². The molecule has 1 aromatic rings. The lowest BCUT2D eigenvalue weighted by molar-refractivity contribution is 0.214. The summed E-state index contributed by atoms with van der Waals surface area (Å²) in [4.78, 5) is 5.08. The Morgan fingerprint density at radius 1 is 1.26 bits per heavy atom. The van der Waals surface area contributed by atoms with Crippen LogP contribution in [0.2, 0.25) is 5.02 Å². The fourth-order valence-electron chi connectivity index (χ4n) is 3.43. The van der Waals surface area contributed by atoms with E-state index in [0.29, 0.717) is 11.1 Å². The summed E-state index contributed by atoms with van der Waals surface area (Å²) in [6, 6.07) is 7.02. The number of hydrogen-bond acceptors (Lipinski definition) is 3. The van der Waals surface area contributed by atoms with Gasteiger partial charge in [-0.3, -0.25) is 9.80 Å². The lowest BCUT2D eigenvalue weighted by atomic mass is 10.1. The first-order chi connectivity index (χ1) is 9.13. The largest absolute Gasteiger partial charge is 0.506 e. The molecule has 2 heterocycles. The first kappa shape index (κ1) is 13.2. The van der Waals surface area contributed by atoms with Gasteiger partial charge >= 0.3 is 0 Å². The van der Waals surface area contributed by atoms with E-state index < -0.39 is 0 Å². The number of phenolic OH excluding ortho intramolecular Hbond substituents is 1. The number of likely N-dealkylation sites (N-methyl/N-ethyl adjacent to an activating group) is 1. The lowest BCUT2D eigenvalue weighted by Gasteiger charge is -2.25. The molecule has 2 bridgehead atoms. The number of phenols is 1. The maximum atomic E-state index is 9.46. The van der Waals surface area contributed by atoms with E-state index >= 15 is 0 Å². The molecule has 4 heteroatoms. The van der Waals surface area contributed by atoms with Gasteiger partial charge in [-0.1, -0.05) is 17.7 Å². The summed E-state index contributed by atoms with van der Waals surface area (Å²) in [6.45, 7) is 3.23. The van der Waals surface area contributed by atoms with Gasteiger partial charge in [-0.05, 0) is 44.0 Å². The highest BCUT2D eigenvalue weighted by Gasteiger charge is 2.34. The van der Waals surface area contributed by atoms with Crippen molar-refractivity contribution in [1.82, 2.24) is 9.80 Å². The minimum atomic E-state index is 0.167. The van der Waals surface area contributed by atoms with Gasteiger partial charge in [0.1, 0.15) is 5.75 Å². The quantitative estimate of drug-likeness (QED) is 0.902. The first-order valence-corrected chi connectivity index (χ1v) is 7.43. The van der Waals surface area contributed by atoms with Crippen LogP contribution >= 0.6 is 11.6 Å². The molecule has 3 rings (SSSR count). The van der Waals surface area contributed by atoms with E-state index in [1.165, 1.54) is 24.8 Å². The summed E-state index contributed by atoms with van der Waals surface area (Å²) in [6.07, 6.45) is 3.95. The molecule has 0 amide bonds. The molecule has 2 atom stereocenters. The van der Waals surface area contributed by atoms with Gasteiger partial charge in [-0.2, -0.15) is 0 Å². The summed E-state index contributed by atoms with van der Waals surface area (Å²) >= 11 is 5.97. The third kappa shape index (κ3) is 2.73. The van der Waals surface area contributed by atoms with Crippen molar-refractivity contribution < 1.29 is 5.11 Å². The molecule has 0 aliphatic carbocycles. The summed E-state index contributed by atoms with van der Waals surface area (Å²) in [5.74, 6) is 0.167. The molecular formula is C15H21ClN2O. The van der Waals surface area contributed by atoms with Crippen LogP contribution in [0.25, 0.3) is 0 Å².